The topological polar surface area (TPSA) is 59.1 Å². The van der Waals surface area contributed by atoms with Crippen molar-refractivity contribution < 1.29 is 19.1 Å². The summed E-state index contributed by atoms with van der Waals surface area (Å²) < 4.78 is 11.1. The van der Waals surface area contributed by atoms with E-state index in [4.69, 9.17) is 9.47 Å². The lowest BCUT2D eigenvalue weighted by Crippen LogP contribution is -2.43. The van der Waals surface area contributed by atoms with Crippen molar-refractivity contribution in [1.29, 1.82) is 0 Å². The number of carbonyl (C=O) groups excluding carboxylic acids is 2. The number of aryl methyl sites for hydroxylation is 1. The van der Waals surface area contributed by atoms with Crippen LogP contribution in [0.5, 0.6) is 5.75 Å². The summed E-state index contributed by atoms with van der Waals surface area (Å²) in [7, 11) is 0. The van der Waals surface area contributed by atoms with Gasteiger partial charge in [-0.1, -0.05) is 35.9 Å². The van der Waals surface area contributed by atoms with E-state index in [1.54, 1.807) is 4.90 Å². The van der Waals surface area contributed by atoms with Crippen LogP contribution in [-0.2, 0) is 22.5 Å². The molecule has 0 unspecified atom stereocenters. The van der Waals surface area contributed by atoms with Crippen LogP contribution in [0.2, 0.25) is 0 Å². The van der Waals surface area contributed by atoms with Gasteiger partial charge in [0.2, 0.25) is 0 Å². The number of hydrogen-bond donors (Lipinski definition) is 0. The Morgan fingerprint density at radius 1 is 1.07 bits per heavy atom. The summed E-state index contributed by atoms with van der Waals surface area (Å²) in [5.41, 5.74) is 3.89. The van der Waals surface area contributed by atoms with Gasteiger partial charge in [0.15, 0.2) is 6.61 Å². The Labute approximate surface area is 171 Å². The van der Waals surface area contributed by atoms with Crippen molar-refractivity contribution in [2.24, 2.45) is 0 Å². The highest BCUT2D eigenvalue weighted by Crippen LogP contribution is 2.29. The van der Waals surface area contributed by atoms with Crippen LogP contribution < -0.4 is 4.74 Å². The van der Waals surface area contributed by atoms with Crippen molar-refractivity contribution in [3.05, 3.63) is 64.7 Å². The Morgan fingerprint density at radius 3 is 2.59 bits per heavy atom. The first-order valence-electron chi connectivity index (χ1n) is 10.1. The molecule has 2 aliphatic rings. The quantitative estimate of drug-likeness (QED) is 0.782. The third-order valence-corrected chi connectivity index (χ3v) is 5.49. The van der Waals surface area contributed by atoms with Crippen LogP contribution in [0.15, 0.2) is 42.5 Å². The minimum absolute atomic E-state index is 0.0109. The number of fused-ring (bicyclic) bond motifs is 1. The second-order valence-corrected chi connectivity index (χ2v) is 7.53. The molecule has 2 amide bonds. The fourth-order valence-electron chi connectivity index (χ4n) is 3.79. The monoisotopic (exact) mass is 394 g/mol. The van der Waals surface area contributed by atoms with Crippen molar-refractivity contribution in [1.82, 2.24) is 9.80 Å². The maximum atomic E-state index is 13.0. The van der Waals surface area contributed by atoms with Gasteiger partial charge in [-0.05, 0) is 31.0 Å². The van der Waals surface area contributed by atoms with Crippen LogP contribution in [0.3, 0.4) is 0 Å². The van der Waals surface area contributed by atoms with Crippen molar-refractivity contribution in [2.45, 2.75) is 19.9 Å². The second kappa shape index (κ2) is 8.66. The molecule has 29 heavy (non-hydrogen) atoms. The normalized spacial score (nSPS) is 16.5. The van der Waals surface area contributed by atoms with Gasteiger partial charge in [0.05, 0.1) is 13.2 Å². The predicted molar refractivity (Wildman–Crippen MR) is 109 cm³/mol. The molecular formula is C23H26N2O4. The second-order valence-electron chi connectivity index (χ2n) is 7.53. The van der Waals surface area contributed by atoms with Crippen molar-refractivity contribution in [3.63, 3.8) is 0 Å². The molecule has 2 aromatic carbocycles. The lowest BCUT2D eigenvalue weighted by atomic mass is 9.97. The molecule has 1 saturated heterocycles. The van der Waals surface area contributed by atoms with Gasteiger partial charge >= 0.3 is 0 Å². The van der Waals surface area contributed by atoms with Gasteiger partial charge in [0.1, 0.15) is 5.75 Å². The van der Waals surface area contributed by atoms with Gasteiger partial charge in [-0.15, -0.1) is 0 Å². The summed E-state index contributed by atoms with van der Waals surface area (Å²) in [4.78, 5) is 29.0. The van der Waals surface area contributed by atoms with Gasteiger partial charge in [-0.2, -0.15) is 0 Å². The largest absolute Gasteiger partial charge is 0.483 e. The van der Waals surface area contributed by atoms with E-state index < -0.39 is 0 Å². The molecule has 4 rings (SSSR count). The first-order valence-corrected chi connectivity index (χ1v) is 10.1. The van der Waals surface area contributed by atoms with Crippen LogP contribution in [0, 0.1) is 6.92 Å². The molecule has 0 aliphatic carbocycles. The van der Waals surface area contributed by atoms with Crippen molar-refractivity contribution in [2.75, 3.05) is 39.5 Å². The molecule has 2 aromatic rings. The van der Waals surface area contributed by atoms with E-state index in [0.29, 0.717) is 50.7 Å². The molecule has 2 aliphatic heterocycles. The Hall–Kier alpha value is -2.86. The third kappa shape index (κ3) is 4.43. The van der Waals surface area contributed by atoms with Crippen molar-refractivity contribution >= 4 is 11.8 Å². The van der Waals surface area contributed by atoms with E-state index in [9.17, 15) is 9.59 Å². The molecule has 0 radical (unpaired) electrons. The number of rotatable bonds is 5. The van der Waals surface area contributed by atoms with E-state index in [1.807, 2.05) is 23.1 Å². The number of carbonyl (C=O) groups is 2. The van der Waals surface area contributed by atoms with Gasteiger partial charge in [0, 0.05) is 37.3 Å². The van der Waals surface area contributed by atoms with Crippen LogP contribution in [0.1, 0.15) is 27.0 Å². The zero-order chi connectivity index (χ0) is 20.2. The Balaban J connectivity index is 1.43. The highest BCUT2D eigenvalue weighted by atomic mass is 16.5. The van der Waals surface area contributed by atoms with Crippen LogP contribution in [-0.4, -0.2) is 61.1 Å². The van der Waals surface area contributed by atoms with Crippen LogP contribution in [0.25, 0.3) is 0 Å². The minimum Gasteiger partial charge on any atom is -0.483 e. The zero-order valence-corrected chi connectivity index (χ0v) is 16.7. The molecule has 1 fully saturated rings. The molecule has 0 spiro atoms. The number of hydrogen-bond acceptors (Lipinski definition) is 4. The average Bonchev–Trinajstić information content (AvgIpc) is 2.76. The zero-order valence-electron chi connectivity index (χ0n) is 16.7. The summed E-state index contributed by atoms with van der Waals surface area (Å²) in [6.45, 7) is 5.60. The molecule has 2 heterocycles. The van der Waals surface area contributed by atoms with E-state index >= 15 is 0 Å². The predicted octanol–water partition coefficient (Wildman–Crippen LogP) is 2.43. The maximum absolute atomic E-state index is 13.0. The van der Waals surface area contributed by atoms with E-state index in [-0.39, 0.29) is 18.4 Å². The Morgan fingerprint density at radius 2 is 1.83 bits per heavy atom. The fourth-order valence-corrected chi connectivity index (χ4v) is 3.79. The summed E-state index contributed by atoms with van der Waals surface area (Å²) in [5.74, 6) is 0.596. The smallest absolute Gasteiger partial charge is 0.260 e. The molecule has 0 bridgehead atoms. The van der Waals surface area contributed by atoms with E-state index in [0.717, 1.165) is 17.5 Å². The Bertz CT molecular complexity index is 888. The molecule has 0 atom stereocenters. The number of amides is 2. The van der Waals surface area contributed by atoms with Crippen LogP contribution in [0.4, 0.5) is 0 Å². The molecule has 6 heteroatoms. The molecule has 0 saturated carbocycles. The number of nitrogens with zero attached hydrogens (tertiary/aromatic N) is 2. The first kappa shape index (κ1) is 19.5. The average molecular weight is 394 g/mol. The third-order valence-electron chi connectivity index (χ3n) is 5.49. The van der Waals surface area contributed by atoms with Gasteiger partial charge in [-0.3, -0.25) is 9.59 Å². The van der Waals surface area contributed by atoms with Gasteiger partial charge in [0.25, 0.3) is 11.8 Å². The summed E-state index contributed by atoms with van der Waals surface area (Å²) in [5, 5.41) is 0. The van der Waals surface area contributed by atoms with Gasteiger partial charge in [-0.25, -0.2) is 0 Å². The number of benzene rings is 2. The SMILES string of the molecule is Cc1ccc(CN2CCc3c(OCC(=O)N4CCOCC4)cccc3C2=O)cc1. The molecular weight excluding hydrogens is 368 g/mol. The lowest BCUT2D eigenvalue weighted by Gasteiger charge is -2.30. The minimum atomic E-state index is -0.0472. The summed E-state index contributed by atoms with van der Waals surface area (Å²) in [6.07, 6.45) is 0.717. The molecule has 6 nitrogen and oxygen atoms in total. The molecule has 0 N–H and O–H groups in total. The number of morpholine rings is 1. The highest BCUT2D eigenvalue weighted by molar-refractivity contribution is 5.97. The first-order chi connectivity index (χ1) is 14.1. The Kier molecular flexibility index (Phi) is 5.81. The lowest BCUT2D eigenvalue weighted by molar-refractivity contribution is -0.137. The highest BCUT2D eigenvalue weighted by Gasteiger charge is 2.27. The number of ether oxygens (including phenoxy) is 2. The fraction of sp³-hybridized carbons (Fsp3) is 0.391. The molecule has 152 valence electrons. The summed E-state index contributed by atoms with van der Waals surface area (Å²) in [6, 6.07) is 13.8. The molecule has 0 aromatic heterocycles. The maximum Gasteiger partial charge on any atom is 0.260 e. The van der Waals surface area contributed by atoms with Crippen molar-refractivity contribution in [3.8, 4) is 5.75 Å². The van der Waals surface area contributed by atoms with E-state index in [1.165, 1.54) is 5.56 Å². The van der Waals surface area contributed by atoms with E-state index in [2.05, 4.69) is 31.2 Å². The summed E-state index contributed by atoms with van der Waals surface area (Å²) >= 11 is 0. The van der Waals surface area contributed by atoms with Crippen LogP contribution >= 0.6 is 0 Å². The van der Waals surface area contributed by atoms with Gasteiger partial charge < -0.3 is 19.3 Å². The standard InChI is InChI=1S/C23H26N2O4/c1-17-5-7-18(8-6-17)15-25-10-9-19-20(23(25)27)3-2-4-21(19)29-16-22(26)24-11-13-28-14-12-24/h2-8H,9-16H2,1H3.